The monoisotopic (exact) mass is 272 g/mol. The number of likely N-dealkylation sites (N-methyl/N-ethyl adjacent to an activating group) is 1. The van der Waals surface area contributed by atoms with E-state index in [9.17, 15) is 0 Å². The highest BCUT2D eigenvalue weighted by Gasteiger charge is 2.03. The molecule has 0 saturated heterocycles. The number of H-pyrrole nitrogens is 1. The first-order valence-electron chi connectivity index (χ1n) is 6.93. The van der Waals surface area contributed by atoms with Gasteiger partial charge in [-0.15, -0.1) is 0 Å². The predicted molar refractivity (Wildman–Crippen MR) is 86.0 cm³/mol. The highest BCUT2D eigenvalue weighted by molar-refractivity contribution is 5.98. The molecule has 0 unspecified atom stereocenters. The van der Waals surface area contributed by atoms with E-state index in [-0.39, 0.29) is 0 Å². The lowest BCUT2D eigenvalue weighted by atomic mass is 10.2. The Bertz CT molecular complexity index is 505. The van der Waals surface area contributed by atoms with Crippen molar-refractivity contribution >= 4 is 5.71 Å². The maximum atomic E-state index is 4.73. The Labute approximate surface area is 121 Å². The zero-order valence-corrected chi connectivity index (χ0v) is 12.8. The van der Waals surface area contributed by atoms with E-state index >= 15 is 0 Å². The van der Waals surface area contributed by atoms with Crippen molar-refractivity contribution in [2.75, 3.05) is 13.1 Å². The van der Waals surface area contributed by atoms with E-state index in [2.05, 4.69) is 35.4 Å². The molecule has 20 heavy (non-hydrogen) atoms. The van der Waals surface area contributed by atoms with E-state index in [1.54, 1.807) is 6.20 Å². The third kappa shape index (κ3) is 5.36. The van der Waals surface area contributed by atoms with Crippen LogP contribution in [0.5, 0.6) is 0 Å². The molecule has 108 valence electrons. The van der Waals surface area contributed by atoms with Crippen LogP contribution in [0.2, 0.25) is 0 Å². The molecule has 1 rings (SSSR count). The van der Waals surface area contributed by atoms with Crippen LogP contribution in [-0.4, -0.2) is 29.0 Å². The number of aromatic nitrogens is 2. The van der Waals surface area contributed by atoms with E-state index in [1.165, 1.54) is 0 Å². The molecule has 0 aliphatic rings. The van der Waals surface area contributed by atoms with E-state index < -0.39 is 0 Å². The number of allylic oxidation sites excluding steroid dienone is 5. The van der Waals surface area contributed by atoms with Gasteiger partial charge in [0, 0.05) is 24.0 Å². The Morgan fingerprint density at radius 3 is 2.80 bits per heavy atom. The molecule has 0 aliphatic carbocycles. The topological polar surface area (TPSA) is 53.1 Å². The summed E-state index contributed by atoms with van der Waals surface area (Å²) in [6.45, 7) is 9.87. The van der Waals surface area contributed by atoms with Crippen LogP contribution in [-0.2, 0) is 0 Å². The second kappa shape index (κ2) is 9.04. The molecule has 0 saturated carbocycles. The number of hydrogen-bond acceptors (Lipinski definition) is 3. The molecule has 0 bridgehead atoms. The van der Waals surface area contributed by atoms with Gasteiger partial charge in [0.1, 0.15) is 0 Å². The maximum absolute atomic E-state index is 4.73. The average molecular weight is 272 g/mol. The van der Waals surface area contributed by atoms with Gasteiger partial charge in [0.15, 0.2) is 0 Å². The summed E-state index contributed by atoms with van der Waals surface area (Å²) in [5.41, 5.74) is 4.19. The summed E-state index contributed by atoms with van der Waals surface area (Å²) in [5, 5.41) is 10.1. The van der Waals surface area contributed by atoms with Crippen LogP contribution >= 0.6 is 0 Å². The Balaban J connectivity index is 2.99. The van der Waals surface area contributed by atoms with Crippen LogP contribution < -0.4 is 5.32 Å². The molecular formula is C16H24N4. The Kier molecular flexibility index (Phi) is 7.29. The van der Waals surface area contributed by atoms with Crippen molar-refractivity contribution < 1.29 is 0 Å². The first-order valence-corrected chi connectivity index (χ1v) is 6.93. The summed E-state index contributed by atoms with van der Waals surface area (Å²) < 4.78 is 0. The molecule has 4 heteroatoms. The van der Waals surface area contributed by atoms with Crippen molar-refractivity contribution in [2.45, 2.75) is 27.7 Å². The van der Waals surface area contributed by atoms with Crippen molar-refractivity contribution in [2.24, 2.45) is 4.99 Å². The second-order valence-corrected chi connectivity index (χ2v) is 4.48. The third-order valence-electron chi connectivity index (χ3n) is 2.87. The van der Waals surface area contributed by atoms with E-state index in [0.29, 0.717) is 0 Å². The molecule has 0 amide bonds. The lowest BCUT2D eigenvalue weighted by Gasteiger charge is -2.07. The number of aromatic amines is 1. The molecule has 1 aromatic heterocycles. The van der Waals surface area contributed by atoms with Crippen molar-refractivity contribution in [3.05, 3.63) is 53.5 Å². The van der Waals surface area contributed by atoms with Gasteiger partial charge in [-0.2, -0.15) is 5.10 Å². The van der Waals surface area contributed by atoms with Crippen LogP contribution in [0.25, 0.3) is 0 Å². The van der Waals surface area contributed by atoms with Crippen molar-refractivity contribution in [3.8, 4) is 0 Å². The molecule has 4 nitrogen and oxygen atoms in total. The second-order valence-electron chi connectivity index (χ2n) is 4.48. The highest BCUT2D eigenvalue weighted by Crippen LogP contribution is 2.10. The van der Waals surface area contributed by atoms with E-state index in [1.807, 2.05) is 38.3 Å². The summed E-state index contributed by atoms with van der Waals surface area (Å²) in [4.78, 5) is 4.73. The largest absolute Gasteiger partial charge is 0.311 e. The number of nitrogens with one attached hydrogen (secondary N) is 2. The predicted octanol–water partition coefficient (Wildman–Crippen LogP) is 3.23. The zero-order valence-electron chi connectivity index (χ0n) is 12.8. The molecule has 0 fully saturated rings. The molecular weight excluding hydrogens is 248 g/mol. The molecule has 0 spiro atoms. The molecule has 1 heterocycles. The number of hydrogen-bond donors (Lipinski definition) is 2. The SMILES string of the molecule is C\C=C/C=C\C(C)=C(/CNCC)N=C(C)c1cn[nH]c1. The van der Waals surface area contributed by atoms with Crippen LogP contribution in [0.1, 0.15) is 33.3 Å². The van der Waals surface area contributed by atoms with Crippen molar-refractivity contribution in [3.63, 3.8) is 0 Å². The number of nitrogens with zero attached hydrogens (tertiary/aromatic N) is 2. The van der Waals surface area contributed by atoms with E-state index in [0.717, 1.165) is 35.6 Å². The minimum absolute atomic E-state index is 0.762. The van der Waals surface area contributed by atoms with Crippen LogP contribution in [0.15, 0.2) is 53.0 Å². The summed E-state index contributed by atoms with van der Waals surface area (Å²) >= 11 is 0. The zero-order chi connectivity index (χ0) is 14.8. The van der Waals surface area contributed by atoms with Gasteiger partial charge in [-0.25, -0.2) is 0 Å². The van der Waals surface area contributed by atoms with Crippen molar-refractivity contribution in [1.82, 2.24) is 15.5 Å². The van der Waals surface area contributed by atoms with Crippen molar-refractivity contribution in [1.29, 1.82) is 0 Å². The molecule has 0 aromatic carbocycles. The third-order valence-corrected chi connectivity index (χ3v) is 2.87. The lowest BCUT2D eigenvalue weighted by Crippen LogP contribution is -2.16. The Hall–Kier alpha value is -1.94. The molecule has 0 radical (unpaired) electrons. The molecule has 0 aliphatic heterocycles. The summed E-state index contributed by atoms with van der Waals surface area (Å²) in [6.07, 6.45) is 11.8. The maximum Gasteiger partial charge on any atom is 0.0578 e. The first-order chi connectivity index (χ1) is 9.69. The minimum atomic E-state index is 0.762. The average Bonchev–Trinajstić information content (AvgIpc) is 2.97. The van der Waals surface area contributed by atoms with E-state index in [4.69, 9.17) is 4.99 Å². The smallest absolute Gasteiger partial charge is 0.0578 e. The summed E-state index contributed by atoms with van der Waals surface area (Å²) in [5.74, 6) is 0. The number of aliphatic imine (C=N–C) groups is 1. The fourth-order valence-corrected chi connectivity index (χ4v) is 1.63. The van der Waals surface area contributed by atoms with Gasteiger partial charge < -0.3 is 5.32 Å². The van der Waals surface area contributed by atoms with Gasteiger partial charge in [-0.3, -0.25) is 10.1 Å². The van der Waals surface area contributed by atoms with Gasteiger partial charge in [-0.05, 0) is 32.9 Å². The molecule has 2 N–H and O–H groups in total. The van der Waals surface area contributed by atoms with Gasteiger partial charge in [0.2, 0.25) is 0 Å². The Morgan fingerprint density at radius 1 is 1.40 bits per heavy atom. The summed E-state index contributed by atoms with van der Waals surface area (Å²) in [6, 6.07) is 0. The highest BCUT2D eigenvalue weighted by atomic mass is 15.1. The van der Waals surface area contributed by atoms with Crippen LogP contribution in [0.3, 0.4) is 0 Å². The lowest BCUT2D eigenvalue weighted by molar-refractivity contribution is 0.767. The fraction of sp³-hybridized carbons (Fsp3) is 0.375. The van der Waals surface area contributed by atoms with Gasteiger partial charge >= 0.3 is 0 Å². The van der Waals surface area contributed by atoms with Gasteiger partial charge in [0.25, 0.3) is 0 Å². The normalized spacial score (nSPS) is 14.3. The van der Waals surface area contributed by atoms with Gasteiger partial charge in [-0.1, -0.05) is 31.2 Å². The quantitative estimate of drug-likeness (QED) is 0.591. The standard InChI is InChI=1S/C16H24N4/c1-5-7-8-9-13(3)16(12-17-6-2)20-14(4)15-10-18-19-11-15/h5,7-11,17H,6,12H2,1-4H3,(H,18,19)/b7-5-,9-8-,16-13+,20-14?. The number of rotatable bonds is 7. The van der Waals surface area contributed by atoms with Crippen LogP contribution in [0.4, 0.5) is 0 Å². The summed E-state index contributed by atoms with van der Waals surface area (Å²) in [7, 11) is 0. The Morgan fingerprint density at radius 2 is 2.20 bits per heavy atom. The van der Waals surface area contributed by atoms with Gasteiger partial charge in [0.05, 0.1) is 11.9 Å². The molecule has 1 aromatic rings. The minimum Gasteiger partial charge on any atom is -0.311 e. The van der Waals surface area contributed by atoms with Crippen LogP contribution in [0, 0.1) is 0 Å². The fourth-order valence-electron chi connectivity index (χ4n) is 1.63. The molecule has 0 atom stereocenters. The first kappa shape index (κ1) is 16.1.